The van der Waals surface area contributed by atoms with Gasteiger partial charge in [0.15, 0.2) is 6.10 Å². The molecule has 45 heavy (non-hydrogen) atoms. The molecule has 244 valence electrons. The predicted octanol–water partition coefficient (Wildman–Crippen LogP) is 4.07. The number of hydrazine groups is 1. The highest BCUT2D eigenvalue weighted by Gasteiger charge is 2.54. The molecule has 2 aliphatic heterocycles. The molecular formula is C31H37ClF3N5O5. The van der Waals surface area contributed by atoms with E-state index < -0.39 is 54.2 Å². The number of halogens is 4. The Bertz CT molecular complexity index is 1460. The lowest BCUT2D eigenvalue weighted by molar-refractivity contribution is -0.199. The zero-order valence-electron chi connectivity index (χ0n) is 25.6. The smallest absolute Gasteiger partial charge is 0.410 e. The number of carbonyl (C=O) groups excluding carboxylic acids is 4. The molecule has 0 saturated carbocycles. The normalized spacial score (nSPS) is 23.1. The first-order valence-corrected chi connectivity index (χ1v) is 15.0. The van der Waals surface area contributed by atoms with Crippen molar-refractivity contribution in [2.45, 2.75) is 89.4 Å². The van der Waals surface area contributed by atoms with Crippen LogP contribution in [0.4, 0.5) is 13.2 Å². The van der Waals surface area contributed by atoms with Crippen LogP contribution in [0, 0.1) is 6.92 Å². The number of benzene rings is 2. The molecule has 10 nitrogen and oxygen atoms in total. The van der Waals surface area contributed by atoms with Crippen molar-refractivity contribution in [3.63, 3.8) is 0 Å². The fourth-order valence-electron chi connectivity index (χ4n) is 5.90. The largest absolute Gasteiger partial charge is 0.480 e. The quantitative estimate of drug-likeness (QED) is 0.396. The predicted molar refractivity (Wildman–Crippen MR) is 160 cm³/mol. The lowest BCUT2D eigenvalue weighted by Gasteiger charge is -2.40. The van der Waals surface area contributed by atoms with Crippen LogP contribution in [0.5, 0.6) is 5.75 Å². The lowest BCUT2D eigenvalue weighted by Crippen LogP contribution is -2.60. The summed E-state index contributed by atoms with van der Waals surface area (Å²) in [6, 6.07) is 5.47. The van der Waals surface area contributed by atoms with Gasteiger partial charge in [-0.1, -0.05) is 23.7 Å². The highest BCUT2D eigenvalue weighted by atomic mass is 35.5. The summed E-state index contributed by atoms with van der Waals surface area (Å²) in [7, 11) is 1.06. The van der Waals surface area contributed by atoms with Gasteiger partial charge in [0.2, 0.25) is 11.8 Å². The van der Waals surface area contributed by atoms with Crippen LogP contribution in [0.15, 0.2) is 42.5 Å². The maximum atomic E-state index is 14.4. The molecule has 0 aliphatic carbocycles. The first-order valence-electron chi connectivity index (χ1n) is 14.6. The number of ether oxygens (including phenoxy) is 1. The van der Waals surface area contributed by atoms with E-state index in [1.54, 1.807) is 43.3 Å². The van der Waals surface area contributed by atoms with E-state index in [0.717, 1.165) is 18.9 Å². The molecule has 4 rings (SSSR count). The monoisotopic (exact) mass is 651 g/mol. The molecule has 0 aromatic heterocycles. The van der Waals surface area contributed by atoms with Crippen molar-refractivity contribution in [3.8, 4) is 5.75 Å². The second-order valence-electron chi connectivity index (χ2n) is 11.6. The van der Waals surface area contributed by atoms with Crippen LogP contribution >= 0.6 is 11.6 Å². The fraction of sp³-hybridized carbons (Fsp3) is 0.484. The van der Waals surface area contributed by atoms with Crippen LogP contribution in [0.2, 0.25) is 5.02 Å². The third kappa shape index (κ3) is 7.70. The topological polar surface area (TPSA) is 120 Å². The summed E-state index contributed by atoms with van der Waals surface area (Å²) in [5.41, 5.74) is 6.69. The molecular weight excluding hydrogens is 615 g/mol. The number of amides is 4. The maximum Gasteiger partial charge on any atom is 0.410 e. The van der Waals surface area contributed by atoms with Gasteiger partial charge in [0.05, 0.1) is 12.1 Å². The Labute approximate surface area is 264 Å². The van der Waals surface area contributed by atoms with Crippen LogP contribution in [-0.2, 0) is 14.4 Å². The highest BCUT2D eigenvalue weighted by molar-refractivity contribution is 6.30. The van der Waals surface area contributed by atoms with Gasteiger partial charge >= 0.3 is 6.18 Å². The number of alkyl halides is 3. The number of likely N-dealkylation sites (tertiary alicyclic amines) is 1. The number of hydrogen-bond donors (Lipinski definition) is 3. The third-order valence-corrected chi connectivity index (χ3v) is 8.49. The summed E-state index contributed by atoms with van der Waals surface area (Å²) < 4.78 is 49.2. The number of carbonyl (C=O) groups is 4. The number of likely N-dealkylation sites (N-methyl/N-ethyl adjacent to an activating group) is 1. The molecule has 2 fully saturated rings. The van der Waals surface area contributed by atoms with Crippen molar-refractivity contribution in [3.05, 3.63) is 64.2 Å². The van der Waals surface area contributed by atoms with E-state index in [0.29, 0.717) is 33.2 Å². The second kappa shape index (κ2) is 13.7. The van der Waals surface area contributed by atoms with E-state index in [2.05, 4.69) is 16.2 Å². The van der Waals surface area contributed by atoms with Gasteiger partial charge < -0.3 is 19.9 Å². The maximum absolute atomic E-state index is 14.4. The average Bonchev–Trinajstić information content (AvgIpc) is 3.38. The van der Waals surface area contributed by atoms with E-state index in [1.807, 2.05) is 6.92 Å². The molecule has 3 unspecified atom stereocenters. The van der Waals surface area contributed by atoms with Gasteiger partial charge in [0.1, 0.15) is 17.8 Å². The summed E-state index contributed by atoms with van der Waals surface area (Å²) in [6.07, 6.45) is -4.93. The van der Waals surface area contributed by atoms with Gasteiger partial charge in [-0.25, -0.2) is 5.43 Å². The SMILES string of the molecule is CC(=O)N(C)C([C@H]1CC[C@@H](c2cccc(Cl)c2)N1C(=O)[C@@H](C)NC(=O)c1ccc(OC2CC(C)NNC2=O)c(C)c1)C(F)(F)F. The van der Waals surface area contributed by atoms with E-state index in [-0.39, 0.29) is 30.4 Å². The van der Waals surface area contributed by atoms with E-state index in [9.17, 15) is 32.3 Å². The Morgan fingerprint density at radius 3 is 2.49 bits per heavy atom. The molecule has 6 atom stereocenters. The van der Waals surface area contributed by atoms with Crippen LogP contribution in [0.25, 0.3) is 0 Å². The van der Waals surface area contributed by atoms with Crippen molar-refractivity contribution >= 4 is 35.2 Å². The molecule has 2 aromatic rings. The Hall–Kier alpha value is -3.84. The Morgan fingerprint density at radius 1 is 1.16 bits per heavy atom. The van der Waals surface area contributed by atoms with E-state index in [4.69, 9.17) is 16.3 Å². The Balaban J connectivity index is 1.57. The molecule has 2 saturated heterocycles. The van der Waals surface area contributed by atoms with Gasteiger partial charge in [0.25, 0.3) is 11.8 Å². The average molecular weight is 652 g/mol. The zero-order valence-corrected chi connectivity index (χ0v) is 26.3. The summed E-state index contributed by atoms with van der Waals surface area (Å²) in [5.74, 6) is -2.07. The number of rotatable bonds is 8. The summed E-state index contributed by atoms with van der Waals surface area (Å²) in [5, 5.41) is 2.97. The lowest BCUT2D eigenvalue weighted by atomic mass is 10.0. The molecule has 0 bridgehead atoms. The van der Waals surface area contributed by atoms with E-state index in [1.165, 1.54) is 13.0 Å². The second-order valence-corrected chi connectivity index (χ2v) is 12.1. The number of hydrogen-bond acceptors (Lipinski definition) is 6. The Morgan fingerprint density at radius 2 is 1.87 bits per heavy atom. The minimum atomic E-state index is -4.83. The van der Waals surface area contributed by atoms with Gasteiger partial charge in [0, 0.05) is 37.0 Å². The first kappa shape index (κ1) is 34.0. The number of nitrogens with zero attached hydrogens (tertiary/aromatic N) is 2. The third-order valence-electron chi connectivity index (χ3n) is 8.26. The van der Waals surface area contributed by atoms with Crippen LogP contribution in [-0.4, -0.2) is 76.9 Å². The van der Waals surface area contributed by atoms with Crippen molar-refractivity contribution in [1.29, 1.82) is 0 Å². The molecule has 0 spiro atoms. The molecule has 14 heteroatoms. The van der Waals surface area contributed by atoms with Crippen LogP contribution in [0.3, 0.4) is 0 Å². The van der Waals surface area contributed by atoms with Gasteiger partial charge in [-0.2, -0.15) is 13.2 Å². The standard InChI is InChI=1S/C31H37ClF3N5O5/c1-16-13-21(9-12-25(16)45-26-14-17(2)37-38-29(26)43)28(42)36-18(3)30(44)40-23(20-7-6-8-22(32)15-20)10-11-24(40)27(31(33,34)35)39(5)19(4)41/h6-9,12-13,15,17-18,23-24,26-27,37H,10-11,14H2,1-5H3,(H,36,42)(H,38,43)/t17?,18-,23+,24-,26?,27?/m1/s1. The van der Waals surface area contributed by atoms with Gasteiger partial charge in [-0.05, 0) is 75.1 Å². The minimum Gasteiger partial charge on any atom is -0.480 e. The molecule has 2 aromatic carbocycles. The number of aryl methyl sites for hydroxylation is 1. The van der Waals surface area contributed by atoms with Crippen molar-refractivity contribution in [2.75, 3.05) is 7.05 Å². The first-order chi connectivity index (χ1) is 21.1. The fourth-order valence-corrected chi connectivity index (χ4v) is 6.10. The Kier molecular flexibility index (Phi) is 10.3. The molecule has 4 amide bonds. The molecule has 3 N–H and O–H groups in total. The highest BCUT2D eigenvalue weighted by Crippen LogP contribution is 2.43. The zero-order chi connectivity index (χ0) is 33.2. The number of nitrogens with one attached hydrogen (secondary N) is 3. The summed E-state index contributed by atoms with van der Waals surface area (Å²) >= 11 is 6.18. The van der Waals surface area contributed by atoms with Crippen LogP contribution < -0.4 is 20.9 Å². The minimum absolute atomic E-state index is 0.0000301. The van der Waals surface area contributed by atoms with Crippen molar-refractivity contribution in [2.24, 2.45) is 0 Å². The van der Waals surface area contributed by atoms with Gasteiger partial charge in [-0.3, -0.25) is 24.6 Å². The van der Waals surface area contributed by atoms with Gasteiger partial charge in [-0.15, -0.1) is 0 Å². The summed E-state index contributed by atoms with van der Waals surface area (Å²) in [4.78, 5) is 53.2. The van der Waals surface area contributed by atoms with Crippen LogP contribution in [0.1, 0.15) is 67.6 Å². The summed E-state index contributed by atoms with van der Waals surface area (Å²) in [6.45, 7) is 6.04. The van der Waals surface area contributed by atoms with Crippen molar-refractivity contribution in [1.82, 2.24) is 26.0 Å². The molecule has 0 radical (unpaired) electrons. The molecule has 2 heterocycles. The van der Waals surface area contributed by atoms with Crippen molar-refractivity contribution < 1.29 is 37.1 Å². The molecule has 2 aliphatic rings. The van der Waals surface area contributed by atoms with E-state index >= 15 is 0 Å².